The number of rotatable bonds is 6. The number of urea groups is 1. The summed E-state index contributed by atoms with van der Waals surface area (Å²) >= 11 is 1.21. The van der Waals surface area contributed by atoms with Gasteiger partial charge in [-0.05, 0) is 68.7 Å². The van der Waals surface area contributed by atoms with Crippen LogP contribution >= 0.6 is 11.3 Å². The van der Waals surface area contributed by atoms with Crippen molar-refractivity contribution in [3.63, 3.8) is 0 Å². The number of pyridine rings is 1. The molecule has 11 heteroatoms. The number of piperidine rings is 1. The molecule has 2 aromatic carbocycles. The second kappa shape index (κ2) is 10.8. The minimum absolute atomic E-state index is 0.265. The van der Waals surface area contributed by atoms with Crippen molar-refractivity contribution in [2.24, 2.45) is 0 Å². The van der Waals surface area contributed by atoms with Gasteiger partial charge < -0.3 is 25.4 Å². The molecule has 2 unspecified atom stereocenters. The molecule has 4 heterocycles. The second-order valence-electron chi connectivity index (χ2n) is 10.2. The van der Waals surface area contributed by atoms with Crippen molar-refractivity contribution in [2.75, 3.05) is 23.3 Å². The third-order valence-corrected chi connectivity index (χ3v) is 8.36. The molecule has 4 aromatic rings. The number of anilines is 3. The van der Waals surface area contributed by atoms with Gasteiger partial charge in [0.05, 0.1) is 22.4 Å². The van der Waals surface area contributed by atoms with E-state index in [-0.39, 0.29) is 23.9 Å². The van der Waals surface area contributed by atoms with Crippen LogP contribution in [0.2, 0.25) is 0 Å². The fourth-order valence-corrected chi connectivity index (χ4v) is 6.38. The summed E-state index contributed by atoms with van der Waals surface area (Å²) in [7, 11) is 0. The van der Waals surface area contributed by atoms with Crippen molar-refractivity contribution in [1.29, 1.82) is 0 Å². The lowest BCUT2D eigenvalue weighted by Gasteiger charge is -2.34. The van der Waals surface area contributed by atoms with Crippen molar-refractivity contribution >= 4 is 56.5 Å². The highest BCUT2D eigenvalue weighted by Crippen LogP contribution is 2.46. The zero-order chi connectivity index (χ0) is 28.7. The average molecular weight is 572 g/mol. The number of nitrogens with zero attached hydrogens (tertiary/aromatic N) is 3. The van der Waals surface area contributed by atoms with E-state index in [9.17, 15) is 19.5 Å². The van der Waals surface area contributed by atoms with E-state index in [1.54, 1.807) is 22.1 Å². The molecule has 2 atom stereocenters. The zero-order valence-electron chi connectivity index (χ0n) is 22.6. The van der Waals surface area contributed by atoms with Gasteiger partial charge >= 0.3 is 6.03 Å². The zero-order valence-corrected chi connectivity index (χ0v) is 23.4. The lowest BCUT2D eigenvalue weighted by atomic mass is 10.0. The van der Waals surface area contributed by atoms with Crippen LogP contribution in [0.4, 0.5) is 21.9 Å². The van der Waals surface area contributed by atoms with E-state index in [4.69, 9.17) is 4.74 Å². The Kier molecular flexibility index (Phi) is 7.06. The first-order chi connectivity index (χ1) is 19.8. The third kappa shape index (κ3) is 5.09. The Bertz CT molecular complexity index is 1650. The summed E-state index contributed by atoms with van der Waals surface area (Å²) in [6.45, 7) is 4.22. The van der Waals surface area contributed by atoms with Gasteiger partial charge in [-0.3, -0.25) is 14.5 Å². The maximum Gasteiger partial charge on any atom is 0.331 e. The van der Waals surface area contributed by atoms with E-state index >= 15 is 0 Å². The van der Waals surface area contributed by atoms with Crippen LogP contribution in [0.3, 0.4) is 0 Å². The van der Waals surface area contributed by atoms with E-state index in [2.05, 4.69) is 15.6 Å². The van der Waals surface area contributed by atoms with E-state index < -0.39 is 6.10 Å². The molecular formula is C30H29N5O5S. The predicted molar refractivity (Wildman–Crippen MR) is 157 cm³/mol. The lowest BCUT2D eigenvalue weighted by molar-refractivity contribution is -0.140. The SMILES string of the molecule is Cc1cc(Oc2ccccc2)ccc1N1C(=O)Nc2c(C(=O)NC3CCCN(C(=O)C(C)O)C3)sc3nccc1c23. The quantitative estimate of drug-likeness (QED) is 0.293. The number of hydrogen-bond acceptors (Lipinski definition) is 7. The van der Waals surface area contributed by atoms with Crippen LogP contribution in [0.25, 0.3) is 10.2 Å². The number of aromatic nitrogens is 1. The Morgan fingerprint density at radius 1 is 1.15 bits per heavy atom. The van der Waals surface area contributed by atoms with Crippen LogP contribution in [0.15, 0.2) is 60.8 Å². The highest BCUT2D eigenvalue weighted by Gasteiger charge is 2.34. The Balaban J connectivity index is 1.28. The number of aliphatic hydroxyl groups excluding tert-OH is 1. The van der Waals surface area contributed by atoms with E-state index in [1.807, 2.05) is 55.5 Å². The lowest BCUT2D eigenvalue weighted by Crippen LogP contribution is -2.51. The Labute approximate surface area is 240 Å². The van der Waals surface area contributed by atoms with Crippen LogP contribution in [0.5, 0.6) is 11.5 Å². The third-order valence-electron chi connectivity index (χ3n) is 7.27. The van der Waals surface area contributed by atoms with Crippen molar-refractivity contribution in [1.82, 2.24) is 15.2 Å². The van der Waals surface area contributed by atoms with Gasteiger partial charge in [0.1, 0.15) is 27.3 Å². The molecule has 41 heavy (non-hydrogen) atoms. The van der Waals surface area contributed by atoms with Crippen molar-refractivity contribution < 1.29 is 24.2 Å². The number of aliphatic hydroxyl groups is 1. The first-order valence-corrected chi connectivity index (χ1v) is 14.3. The Morgan fingerprint density at radius 3 is 2.71 bits per heavy atom. The molecule has 4 amide bonds. The Morgan fingerprint density at radius 2 is 1.95 bits per heavy atom. The summed E-state index contributed by atoms with van der Waals surface area (Å²) in [5, 5.41) is 16.3. The monoisotopic (exact) mass is 571 g/mol. The average Bonchev–Trinajstić information content (AvgIpc) is 3.33. The molecule has 2 aliphatic heterocycles. The molecule has 1 fully saturated rings. The van der Waals surface area contributed by atoms with Gasteiger partial charge in [-0.15, -0.1) is 11.3 Å². The number of amides is 4. The standard InChI is InChI=1S/C30H29N5O5S/c1-17-15-21(40-20-8-4-3-5-9-20)10-11-22(17)35-23-12-13-31-28-24(23)25(33-30(35)39)26(41-28)27(37)32-19-7-6-14-34(16-19)29(38)18(2)36/h3-5,8-13,15,18-19,36H,6-7,14,16H2,1-2H3,(H,32,37)(H,33,39). The Hall–Kier alpha value is -4.48. The minimum atomic E-state index is -1.09. The number of thiophene rings is 1. The van der Waals surface area contributed by atoms with Gasteiger partial charge in [-0.1, -0.05) is 18.2 Å². The molecule has 3 N–H and O–H groups in total. The van der Waals surface area contributed by atoms with Crippen molar-refractivity contribution in [3.8, 4) is 11.5 Å². The predicted octanol–water partition coefficient (Wildman–Crippen LogP) is 5.18. The maximum absolute atomic E-state index is 13.5. The maximum atomic E-state index is 13.5. The summed E-state index contributed by atoms with van der Waals surface area (Å²) in [5.74, 6) is 0.687. The fraction of sp³-hybridized carbons (Fsp3) is 0.267. The second-order valence-corrected chi connectivity index (χ2v) is 11.2. The molecule has 0 radical (unpaired) electrons. The van der Waals surface area contributed by atoms with Crippen LogP contribution in [-0.4, -0.2) is 58.1 Å². The molecule has 2 aromatic heterocycles. The molecule has 6 rings (SSSR count). The van der Waals surface area contributed by atoms with E-state index in [0.717, 1.165) is 11.3 Å². The first kappa shape index (κ1) is 26.7. The van der Waals surface area contributed by atoms with Crippen molar-refractivity contribution in [3.05, 3.63) is 71.2 Å². The first-order valence-electron chi connectivity index (χ1n) is 13.4. The molecule has 1 saturated heterocycles. The molecule has 0 saturated carbocycles. The van der Waals surface area contributed by atoms with Crippen LogP contribution in [0.1, 0.15) is 35.0 Å². The van der Waals surface area contributed by atoms with Crippen LogP contribution in [-0.2, 0) is 4.79 Å². The summed E-state index contributed by atoms with van der Waals surface area (Å²) in [4.78, 5) is 47.9. The number of likely N-dealkylation sites (tertiary alicyclic amines) is 1. The minimum Gasteiger partial charge on any atom is -0.457 e. The summed E-state index contributed by atoms with van der Waals surface area (Å²) < 4.78 is 5.96. The van der Waals surface area contributed by atoms with Gasteiger partial charge in [0.25, 0.3) is 11.8 Å². The summed E-state index contributed by atoms with van der Waals surface area (Å²) in [6.07, 6.45) is 1.97. The van der Waals surface area contributed by atoms with Gasteiger partial charge in [0, 0.05) is 25.3 Å². The number of hydrogen-bond donors (Lipinski definition) is 3. The molecule has 2 aliphatic rings. The molecule has 10 nitrogen and oxygen atoms in total. The number of carbonyl (C=O) groups excluding carboxylic acids is 3. The van der Waals surface area contributed by atoms with Gasteiger partial charge in [-0.2, -0.15) is 0 Å². The number of carbonyl (C=O) groups is 3. The number of benzene rings is 2. The van der Waals surface area contributed by atoms with Gasteiger partial charge in [0.2, 0.25) is 0 Å². The highest BCUT2D eigenvalue weighted by atomic mass is 32.1. The molecule has 0 spiro atoms. The summed E-state index contributed by atoms with van der Waals surface area (Å²) in [5.41, 5.74) is 2.59. The molecule has 0 bridgehead atoms. The van der Waals surface area contributed by atoms with Gasteiger partial charge in [-0.25, -0.2) is 9.78 Å². The van der Waals surface area contributed by atoms with Gasteiger partial charge in [0.15, 0.2) is 0 Å². The van der Waals surface area contributed by atoms with E-state index in [1.165, 1.54) is 18.3 Å². The smallest absolute Gasteiger partial charge is 0.331 e. The number of aryl methyl sites for hydroxylation is 1. The topological polar surface area (TPSA) is 124 Å². The van der Waals surface area contributed by atoms with Crippen LogP contribution < -0.4 is 20.3 Å². The molecular weight excluding hydrogens is 542 g/mol. The number of nitrogens with one attached hydrogen (secondary N) is 2. The molecule has 210 valence electrons. The number of para-hydroxylation sites is 1. The van der Waals surface area contributed by atoms with Crippen LogP contribution in [0, 0.1) is 6.92 Å². The summed E-state index contributed by atoms with van der Waals surface area (Å²) in [6, 6.07) is 16.1. The fourth-order valence-electron chi connectivity index (χ4n) is 5.36. The largest absolute Gasteiger partial charge is 0.457 e. The normalized spacial score (nSPS) is 17.2. The highest BCUT2D eigenvalue weighted by molar-refractivity contribution is 7.21. The van der Waals surface area contributed by atoms with Crippen molar-refractivity contribution in [2.45, 2.75) is 38.8 Å². The van der Waals surface area contributed by atoms with E-state index in [0.29, 0.717) is 63.8 Å². The number of ether oxygens (including phenoxy) is 1. The molecule has 0 aliphatic carbocycles.